The van der Waals surface area contributed by atoms with Crippen LogP contribution in [0.5, 0.6) is 0 Å². The Morgan fingerprint density at radius 3 is 2.80 bits per heavy atom. The average Bonchev–Trinajstić information content (AvgIpc) is 3.42. The first-order valence-electron chi connectivity index (χ1n) is 10.1. The number of fused-ring (bicyclic) bond motifs is 1. The van der Waals surface area contributed by atoms with Crippen molar-refractivity contribution in [2.45, 2.75) is 44.7 Å². The molecule has 0 aliphatic heterocycles. The maximum absolute atomic E-state index is 14.2. The van der Waals surface area contributed by atoms with Crippen LogP contribution in [0.15, 0.2) is 36.5 Å². The summed E-state index contributed by atoms with van der Waals surface area (Å²) in [5.41, 5.74) is 1.79. The van der Waals surface area contributed by atoms with Gasteiger partial charge in [0.25, 0.3) is 5.91 Å². The molecule has 7 nitrogen and oxygen atoms in total. The van der Waals surface area contributed by atoms with Crippen LogP contribution in [0.25, 0.3) is 22.2 Å². The van der Waals surface area contributed by atoms with Crippen LogP contribution in [0, 0.1) is 5.82 Å². The molecule has 1 unspecified atom stereocenters. The van der Waals surface area contributed by atoms with Crippen molar-refractivity contribution in [3.8, 4) is 11.3 Å². The number of rotatable bonds is 5. The summed E-state index contributed by atoms with van der Waals surface area (Å²) in [6.07, 6.45) is 4.56. The summed E-state index contributed by atoms with van der Waals surface area (Å²) >= 11 is 0. The number of nitrogens with one attached hydrogen (secondary N) is 2. The number of benzene rings is 1. The maximum atomic E-state index is 14.2. The van der Waals surface area contributed by atoms with E-state index in [2.05, 4.69) is 20.5 Å². The molecule has 2 aromatic heterocycles. The highest BCUT2D eigenvalue weighted by Crippen LogP contribution is 2.26. The zero-order chi connectivity index (χ0) is 21.3. The van der Waals surface area contributed by atoms with Crippen LogP contribution in [-0.2, 0) is 4.79 Å². The van der Waals surface area contributed by atoms with E-state index < -0.39 is 0 Å². The largest absolute Gasteiger partial charge is 0.359 e. The number of hydrogen-bond acceptors (Lipinski definition) is 4. The van der Waals surface area contributed by atoms with E-state index in [1.165, 1.54) is 6.07 Å². The van der Waals surface area contributed by atoms with Crippen molar-refractivity contribution in [3.63, 3.8) is 0 Å². The third kappa shape index (κ3) is 3.90. The van der Waals surface area contributed by atoms with Gasteiger partial charge in [-0.25, -0.2) is 4.39 Å². The van der Waals surface area contributed by atoms with Gasteiger partial charge >= 0.3 is 0 Å². The topological polar surface area (TPSA) is 91.0 Å². The lowest BCUT2D eigenvalue weighted by molar-refractivity contribution is -0.121. The summed E-state index contributed by atoms with van der Waals surface area (Å²) < 4.78 is 14.2. The van der Waals surface area contributed by atoms with Gasteiger partial charge in [0, 0.05) is 42.7 Å². The Kier molecular flexibility index (Phi) is 5.48. The molecule has 0 saturated heterocycles. The molecule has 1 aliphatic rings. The normalized spacial score (nSPS) is 18.5. The van der Waals surface area contributed by atoms with E-state index in [0.717, 1.165) is 24.6 Å². The number of carbonyl (C=O) groups excluding carboxylic acids is 2. The fourth-order valence-electron chi connectivity index (χ4n) is 3.99. The Labute approximate surface area is 173 Å². The molecule has 30 heavy (non-hydrogen) atoms. The minimum atomic E-state index is -0.361. The highest BCUT2D eigenvalue weighted by atomic mass is 19.1. The zero-order valence-electron chi connectivity index (χ0n) is 17.0. The molecule has 156 valence electrons. The van der Waals surface area contributed by atoms with Crippen molar-refractivity contribution in [1.82, 2.24) is 25.4 Å². The SMILES string of the molecule is CCC(=O)NC1CC[C@H](N(C)C(=O)c2ccc(-c3cc(F)c4[nH]ccc4c3)nn2)C1. The fraction of sp³-hybridized carbons (Fsp3) is 0.364. The van der Waals surface area contributed by atoms with Gasteiger partial charge in [-0.3, -0.25) is 9.59 Å². The van der Waals surface area contributed by atoms with Gasteiger partial charge in [-0.15, -0.1) is 10.2 Å². The average molecular weight is 409 g/mol. The van der Waals surface area contributed by atoms with E-state index in [1.54, 1.807) is 36.3 Å². The van der Waals surface area contributed by atoms with Gasteiger partial charge in [-0.05, 0) is 49.6 Å². The molecule has 2 N–H and O–H groups in total. The van der Waals surface area contributed by atoms with Crippen LogP contribution < -0.4 is 5.32 Å². The molecular weight excluding hydrogens is 385 g/mol. The fourth-order valence-corrected chi connectivity index (χ4v) is 3.99. The standard InChI is InChI=1S/C22H24FN5O2/c1-3-20(29)25-15-4-5-16(12-15)28(2)22(30)19-7-6-18(26-27-19)14-10-13-8-9-24-21(13)17(23)11-14/h6-11,15-16,24H,3-5,12H2,1-2H3,(H,25,29)/t15?,16-/m0/s1. The summed E-state index contributed by atoms with van der Waals surface area (Å²) in [7, 11) is 1.75. The predicted molar refractivity (Wildman–Crippen MR) is 111 cm³/mol. The van der Waals surface area contributed by atoms with E-state index in [-0.39, 0.29) is 35.4 Å². The van der Waals surface area contributed by atoms with Crippen molar-refractivity contribution in [2.24, 2.45) is 0 Å². The van der Waals surface area contributed by atoms with Crippen molar-refractivity contribution in [2.75, 3.05) is 7.05 Å². The van der Waals surface area contributed by atoms with Crippen LogP contribution in [0.1, 0.15) is 43.1 Å². The quantitative estimate of drug-likeness (QED) is 0.677. The summed E-state index contributed by atoms with van der Waals surface area (Å²) in [5.74, 6) is -0.542. The van der Waals surface area contributed by atoms with Crippen molar-refractivity contribution < 1.29 is 14.0 Å². The van der Waals surface area contributed by atoms with Crippen molar-refractivity contribution in [1.29, 1.82) is 0 Å². The number of carbonyl (C=O) groups is 2. The molecule has 8 heteroatoms. The van der Waals surface area contributed by atoms with E-state index in [1.807, 2.05) is 13.0 Å². The van der Waals surface area contributed by atoms with Crippen LogP contribution in [0.3, 0.4) is 0 Å². The Morgan fingerprint density at radius 2 is 2.07 bits per heavy atom. The van der Waals surface area contributed by atoms with Gasteiger partial charge < -0.3 is 15.2 Å². The highest BCUT2D eigenvalue weighted by molar-refractivity contribution is 5.92. The second kappa shape index (κ2) is 8.22. The van der Waals surface area contributed by atoms with Crippen molar-refractivity contribution in [3.05, 3.63) is 48.0 Å². The summed E-state index contributed by atoms with van der Waals surface area (Å²) in [6.45, 7) is 1.82. The molecule has 1 fully saturated rings. The molecule has 0 bridgehead atoms. The Bertz CT molecular complexity index is 1080. The molecule has 1 aromatic carbocycles. The summed E-state index contributed by atoms with van der Waals surface area (Å²) in [6, 6.07) is 8.47. The van der Waals surface area contributed by atoms with E-state index in [0.29, 0.717) is 23.2 Å². The summed E-state index contributed by atoms with van der Waals surface area (Å²) in [4.78, 5) is 29.0. The number of aromatic amines is 1. The minimum absolute atomic E-state index is 0.0327. The zero-order valence-corrected chi connectivity index (χ0v) is 17.0. The first-order chi connectivity index (χ1) is 14.5. The molecule has 2 heterocycles. The second-order valence-corrected chi connectivity index (χ2v) is 7.70. The van der Waals surface area contributed by atoms with E-state index in [4.69, 9.17) is 0 Å². The number of nitrogens with zero attached hydrogens (tertiary/aromatic N) is 3. The molecular formula is C22H24FN5O2. The predicted octanol–water partition coefficient (Wildman–Crippen LogP) is 3.28. The lowest BCUT2D eigenvalue weighted by Crippen LogP contribution is -2.38. The molecule has 2 amide bonds. The number of amides is 2. The van der Waals surface area contributed by atoms with E-state index >= 15 is 0 Å². The van der Waals surface area contributed by atoms with Gasteiger partial charge in [-0.1, -0.05) is 6.92 Å². The monoisotopic (exact) mass is 409 g/mol. The van der Waals surface area contributed by atoms with Crippen LogP contribution in [0.2, 0.25) is 0 Å². The number of halogens is 1. The van der Waals surface area contributed by atoms with Gasteiger partial charge in [0.1, 0.15) is 5.82 Å². The minimum Gasteiger partial charge on any atom is -0.359 e. The second-order valence-electron chi connectivity index (χ2n) is 7.70. The van der Waals surface area contributed by atoms with Gasteiger partial charge in [-0.2, -0.15) is 0 Å². The first kappa shape index (κ1) is 20.0. The van der Waals surface area contributed by atoms with Crippen LogP contribution in [-0.4, -0.2) is 51.0 Å². The highest BCUT2D eigenvalue weighted by Gasteiger charge is 2.31. The lowest BCUT2D eigenvalue weighted by Gasteiger charge is -2.24. The summed E-state index contributed by atoms with van der Waals surface area (Å²) in [5, 5.41) is 12.0. The van der Waals surface area contributed by atoms with Gasteiger partial charge in [0.2, 0.25) is 5.91 Å². The third-order valence-corrected chi connectivity index (χ3v) is 5.75. The molecule has 1 saturated carbocycles. The van der Waals surface area contributed by atoms with Crippen molar-refractivity contribution >= 4 is 22.7 Å². The molecule has 2 atom stereocenters. The molecule has 1 aliphatic carbocycles. The maximum Gasteiger partial charge on any atom is 0.274 e. The lowest BCUT2D eigenvalue weighted by atomic mass is 10.1. The van der Waals surface area contributed by atoms with Crippen LogP contribution >= 0.6 is 0 Å². The van der Waals surface area contributed by atoms with E-state index in [9.17, 15) is 14.0 Å². The smallest absolute Gasteiger partial charge is 0.274 e. The Hall–Kier alpha value is -3.29. The Balaban J connectivity index is 1.45. The number of H-pyrrole nitrogens is 1. The molecule has 0 radical (unpaired) electrons. The Morgan fingerprint density at radius 1 is 1.23 bits per heavy atom. The number of aromatic nitrogens is 3. The first-order valence-corrected chi connectivity index (χ1v) is 10.1. The van der Waals surface area contributed by atoms with Crippen LogP contribution in [0.4, 0.5) is 4.39 Å². The molecule has 4 rings (SSSR count). The number of hydrogen-bond donors (Lipinski definition) is 2. The van der Waals surface area contributed by atoms with Gasteiger partial charge in [0.15, 0.2) is 5.69 Å². The van der Waals surface area contributed by atoms with Gasteiger partial charge in [0.05, 0.1) is 11.2 Å². The third-order valence-electron chi connectivity index (χ3n) is 5.75. The molecule has 3 aromatic rings. The molecule has 0 spiro atoms.